The third-order valence-electron chi connectivity index (χ3n) is 10.0. The second-order valence-electron chi connectivity index (χ2n) is 12.5. The number of aliphatic hydroxyl groups excluding tert-OH is 1. The van der Waals surface area contributed by atoms with Gasteiger partial charge >= 0.3 is 0 Å². The van der Waals surface area contributed by atoms with E-state index < -0.39 is 18.3 Å². The van der Waals surface area contributed by atoms with Crippen molar-refractivity contribution in [3.63, 3.8) is 0 Å². The summed E-state index contributed by atoms with van der Waals surface area (Å²) in [6.45, 7) is 9.34. The Hall–Kier alpha value is -2.10. The van der Waals surface area contributed by atoms with Crippen molar-refractivity contribution in [3.05, 3.63) is 45.0 Å². The zero-order chi connectivity index (χ0) is 30.9. The van der Waals surface area contributed by atoms with Crippen LogP contribution in [0.4, 0.5) is 0 Å². The minimum absolute atomic E-state index is 0. The first-order valence-corrected chi connectivity index (χ1v) is 15.2. The molecule has 0 spiro atoms. The molecule has 4 aliphatic heterocycles. The van der Waals surface area contributed by atoms with Crippen LogP contribution in [0.3, 0.4) is 0 Å². The van der Waals surface area contributed by atoms with Gasteiger partial charge in [-0.3, -0.25) is 19.4 Å². The predicted molar refractivity (Wildman–Crippen MR) is 158 cm³/mol. The molecule has 12 heteroatoms. The van der Waals surface area contributed by atoms with Crippen molar-refractivity contribution in [3.8, 4) is 23.0 Å². The number of fused-ring (bicyclic) bond motifs is 9. The number of phenols is 2. The third kappa shape index (κ3) is 5.19. The standard InChI is InChI=1S/C32H42N4O7.Ac/c1-7-8-23(37)34-17(5)31(40)33-12-22-25-19(27(38)16(4)29-30(25)43-13-42-29)11-20-26-24-18(9-14(2)15(3)28(24)39)10-21(35(26)6)32(41)36(20)22;/h9,17,20-22,26,32,38-39,41H,7-8,10-13H2,1-6H3,(H,33,40)(H,34,37);/t17-,20?,21-,22-,26-,32-;/m0./s1. The molecule has 1 radical (unpaired) electrons. The molecule has 4 heterocycles. The summed E-state index contributed by atoms with van der Waals surface area (Å²) < 4.78 is 11.7. The van der Waals surface area contributed by atoms with Crippen LogP contribution in [0.2, 0.25) is 0 Å². The Balaban J connectivity index is 0.00000384. The number of amides is 2. The van der Waals surface area contributed by atoms with Crippen molar-refractivity contribution in [2.45, 2.75) is 96.7 Å². The van der Waals surface area contributed by atoms with E-state index in [-0.39, 0.29) is 98.8 Å². The number of hydrogen-bond donors (Lipinski definition) is 5. The first-order valence-electron chi connectivity index (χ1n) is 15.2. The summed E-state index contributed by atoms with van der Waals surface area (Å²) >= 11 is 0. The smallest absolute Gasteiger partial charge is 0.242 e. The molecular weight excluding hydrogens is 779 g/mol. The van der Waals surface area contributed by atoms with Crippen LogP contribution in [-0.2, 0) is 22.4 Å². The van der Waals surface area contributed by atoms with Gasteiger partial charge < -0.3 is 35.4 Å². The van der Waals surface area contributed by atoms with Gasteiger partial charge in [0.1, 0.15) is 23.8 Å². The van der Waals surface area contributed by atoms with E-state index in [0.29, 0.717) is 53.9 Å². The van der Waals surface area contributed by atoms with Crippen molar-refractivity contribution >= 4 is 11.8 Å². The van der Waals surface area contributed by atoms with E-state index in [1.165, 1.54) is 0 Å². The van der Waals surface area contributed by atoms with Gasteiger partial charge in [-0.15, -0.1) is 0 Å². The van der Waals surface area contributed by atoms with E-state index in [4.69, 9.17) is 9.47 Å². The molecule has 2 bridgehead atoms. The van der Waals surface area contributed by atoms with E-state index in [0.717, 1.165) is 22.3 Å². The molecule has 0 saturated carbocycles. The zero-order valence-corrected chi connectivity index (χ0v) is 31.0. The topological polar surface area (TPSA) is 144 Å². The molecule has 5 N–H and O–H groups in total. The van der Waals surface area contributed by atoms with E-state index in [1.807, 2.05) is 32.7 Å². The van der Waals surface area contributed by atoms with Crippen LogP contribution in [0.15, 0.2) is 6.07 Å². The molecule has 2 aromatic carbocycles. The van der Waals surface area contributed by atoms with Crippen LogP contribution >= 0.6 is 0 Å². The fourth-order valence-corrected chi connectivity index (χ4v) is 7.67. The molecule has 11 nitrogen and oxygen atoms in total. The third-order valence-corrected chi connectivity index (χ3v) is 10.0. The molecule has 4 aliphatic rings. The fraction of sp³-hybridized carbons (Fsp3) is 0.562. The SMILES string of the molecule is CCCC(=O)N[C@@H](C)C(=O)NC[C@H]1c2c(c(O)c(C)c3c2OCO3)CC2[C@H]3c4c(cc(C)c(C)c4O)C[C@@H]([C@H](O)N21)N3C.[Ac]. The Morgan fingerprint density at radius 1 is 1.05 bits per heavy atom. The maximum Gasteiger partial charge on any atom is 0.242 e. The van der Waals surface area contributed by atoms with Crippen LogP contribution in [0.25, 0.3) is 0 Å². The number of ether oxygens (including phenoxy) is 2. The molecule has 2 aromatic rings. The average Bonchev–Trinajstić information content (AvgIpc) is 3.46. The number of rotatable bonds is 6. The van der Waals surface area contributed by atoms with Crippen LogP contribution in [-0.4, -0.2) is 81.7 Å². The minimum Gasteiger partial charge on any atom is -0.507 e. The van der Waals surface area contributed by atoms with Crippen molar-refractivity contribution in [1.82, 2.24) is 20.4 Å². The Morgan fingerprint density at radius 3 is 2.45 bits per heavy atom. The Labute approximate surface area is 293 Å². The van der Waals surface area contributed by atoms with Gasteiger partial charge in [0, 0.05) is 85.3 Å². The molecule has 1 fully saturated rings. The number of nitrogens with one attached hydrogen (secondary N) is 2. The van der Waals surface area contributed by atoms with Crippen molar-refractivity contribution in [2.75, 3.05) is 20.4 Å². The maximum absolute atomic E-state index is 13.2. The minimum atomic E-state index is -0.915. The number of benzene rings is 2. The number of carbonyl (C=O) groups is 2. The summed E-state index contributed by atoms with van der Waals surface area (Å²) in [5.74, 6) is 0.803. The van der Waals surface area contributed by atoms with Gasteiger partial charge in [0.15, 0.2) is 11.5 Å². The number of hydrogen-bond acceptors (Lipinski definition) is 9. The normalized spacial score (nSPS) is 25.7. The molecular formula is C32H42AcN4O7. The number of aromatic hydroxyl groups is 2. The van der Waals surface area contributed by atoms with Crippen molar-refractivity contribution < 1.29 is 78.4 Å². The second kappa shape index (κ2) is 12.6. The number of carbonyl (C=O) groups excluding carboxylic acids is 2. The van der Waals surface area contributed by atoms with E-state index in [1.54, 1.807) is 13.8 Å². The first kappa shape index (κ1) is 33.3. The number of phenolic OH excluding ortho intramolecular Hbond substituents is 2. The van der Waals surface area contributed by atoms with Gasteiger partial charge in [-0.25, -0.2) is 0 Å². The molecule has 6 rings (SSSR count). The largest absolute Gasteiger partial charge is 0.507 e. The zero-order valence-electron chi connectivity index (χ0n) is 26.2. The van der Waals surface area contributed by atoms with Gasteiger partial charge in [-0.05, 0) is 70.7 Å². The first-order chi connectivity index (χ1) is 20.5. The number of nitrogens with zero attached hydrogens (tertiary/aromatic N) is 2. The Morgan fingerprint density at radius 2 is 1.75 bits per heavy atom. The molecule has 1 saturated heterocycles. The predicted octanol–water partition coefficient (Wildman–Crippen LogP) is 2.37. The van der Waals surface area contributed by atoms with Crippen LogP contribution in [0.5, 0.6) is 23.0 Å². The van der Waals surface area contributed by atoms with Crippen molar-refractivity contribution in [2.24, 2.45) is 0 Å². The summed E-state index contributed by atoms with van der Waals surface area (Å²) in [5.41, 5.74) is 5.63. The molecule has 235 valence electrons. The Bertz CT molecular complexity index is 1500. The number of likely N-dealkylation sites (N-methyl/N-ethyl adjacent to an activating group) is 1. The van der Waals surface area contributed by atoms with Crippen LogP contribution in [0, 0.1) is 64.8 Å². The van der Waals surface area contributed by atoms with Gasteiger partial charge in [0.25, 0.3) is 0 Å². The second-order valence-corrected chi connectivity index (χ2v) is 12.5. The summed E-state index contributed by atoms with van der Waals surface area (Å²) in [7, 11) is 1.98. The number of aliphatic hydroxyl groups is 1. The maximum atomic E-state index is 13.2. The molecule has 0 aliphatic carbocycles. The summed E-state index contributed by atoms with van der Waals surface area (Å²) in [5, 5.41) is 40.7. The monoisotopic (exact) mass is 821 g/mol. The summed E-state index contributed by atoms with van der Waals surface area (Å²) in [6, 6.07) is -0.109. The molecule has 2 amide bonds. The number of piperazine rings is 1. The van der Waals surface area contributed by atoms with Crippen LogP contribution in [0.1, 0.15) is 77.7 Å². The Kier molecular flexibility index (Phi) is 9.52. The summed E-state index contributed by atoms with van der Waals surface area (Å²) in [4.78, 5) is 29.5. The van der Waals surface area contributed by atoms with E-state index in [9.17, 15) is 24.9 Å². The molecule has 0 aromatic heterocycles. The van der Waals surface area contributed by atoms with E-state index >= 15 is 0 Å². The number of aryl methyl sites for hydroxylation is 1. The van der Waals surface area contributed by atoms with Crippen molar-refractivity contribution in [1.29, 1.82) is 0 Å². The molecule has 6 atom stereocenters. The summed E-state index contributed by atoms with van der Waals surface area (Å²) in [6.07, 6.45) is 1.03. The fourth-order valence-electron chi connectivity index (χ4n) is 7.67. The average molecular weight is 822 g/mol. The molecule has 44 heavy (non-hydrogen) atoms. The quantitative estimate of drug-likeness (QED) is 0.297. The molecule has 1 unspecified atom stereocenters. The van der Waals surface area contributed by atoms with Crippen LogP contribution < -0.4 is 20.1 Å². The van der Waals surface area contributed by atoms with E-state index in [2.05, 4.69) is 21.6 Å². The van der Waals surface area contributed by atoms with Gasteiger partial charge in [-0.2, -0.15) is 0 Å². The van der Waals surface area contributed by atoms with Gasteiger partial charge in [-0.1, -0.05) is 13.0 Å². The van der Waals surface area contributed by atoms with Gasteiger partial charge in [0.2, 0.25) is 18.6 Å². The van der Waals surface area contributed by atoms with Gasteiger partial charge in [0.05, 0.1) is 18.1 Å².